The summed E-state index contributed by atoms with van der Waals surface area (Å²) in [4.78, 5) is 0. The molecule has 0 aliphatic carbocycles. The first kappa shape index (κ1) is 16.6. The van der Waals surface area contributed by atoms with E-state index in [1.807, 2.05) is 6.92 Å². The number of thiocarbonyl (C=S) groups is 1. The summed E-state index contributed by atoms with van der Waals surface area (Å²) in [6.07, 6.45) is 1.73. The van der Waals surface area contributed by atoms with Crippen LogP contribution in [0.2, 0.25) is 0 Å². The highest BCUT2D eigenvalue weighted by molar-refractivity contribution is 7.80. The summed E-state index contributed by atoms with van der Waals surface area (Å²) < 4.78 is 5.62. The van der Waals surface area contributed by atoms with E-state index < -0.39 is 12.2 Å². The van der Waals surface area contributed by atoms with Crippen LogP contribution in [0.4, 0.5) is 0 Å². The average molecular weight is 290 g/mol. The Balaban J connectivity index is 2.35. The van der Waals surface area contributed by atoms with Crippen LogP contribution in [0.5, 0.6) is 0 Å². The fourth-order valence-corrected chi connectivity index (χ4v) is 2.41. The number of ether oxygens (including phenoxy) is 1. The first-order valence-corrected chi connectivity index (χ1v) is 7.51. The van der Waals surface area contributed by atoms with Crippen LogP contribution >= 0.6 is 12.2 Å². The summed E-state index contributed by atoms with van der Waals surface area (Å²) in [5, 5.41) is 26.6. The van der Waals surface area contributed by atoms with Crippen LogP contribution in [0.1, 0.15) is 39.5 Å². The lowest BCUT2D eigenvalue weighted by Crippen LogP contribution is -2.55. The minimum Gasteiger partial charge on any atom is -0.391 e. The highest BCUT2D eigenvalue weighted by Gasteiger charge is 2.33. The molecule has 1 aliphatic heterocycles. The molecule has 1 aliphatic rings. The van der Waals surface area contributed by atoms with Gasteiger partial charge in [-0.05, 0) is 25.1 Å². The third kappa shape index (κ3) is 5.60. The molecule has 0 aromatic carbocycles. The maximum absolute atomic E-state index is 10.1. The molecule has 1 rings (SSSR count). The Hall–Kier alpha value is -0.430. The molecule has 112 valence electrons. The van der Waals surface area contributed by atoms with Crippen LogP contribution in [-0.4, -0.2) is 52.8 Å². The lowest BCUT2D eigenvalue weighted by molar-refractivity contribution is -0.110. The van der Waals surface area contributed by atoms with Crippen molar-refractivity contribution in [3.05, 3.63) is 0 Å². The monoisotopic (exact) mass is 290 g/mol. The Morgan fingerprint density at radius 2 is 2.16 bits per heavy atom. The van der Waals surface area contributed by atoms with Crippen molar-refractivity contribution in [1.29, 1.82) is 0 Å². The molecule has 0 aromatic heterocycles. The van der Waals surface area contributed by atoms with Gasteiger partial charge in [0, 0.05) is 13.0 Å². The van der Waals surface area contributed by atoms with E-state index in [1.165, 1.54) is 0 Å². The molecule has 1 saturated heterocycles. The van der Waals surface area contributed by atoms with Crippen LogP contribution in [0, 0.1) is 0 Å². The first-order valence-electron chi connectivity index (χ1n) is 7.10. The summed E-state index contributed by atoms with van der Waals surface area (Å²) in [7, 11) is 0. The third-order valence-electron chi connectivity index (χ3n) is 3.29. The van der Waals surface area contributed by atoms with E-state index in [0.29, 0.717) is 24.6 Å². The molecule has 4 atom stereocenters. The molecule has 0 radical (unpaired) electrons. The Morgan fingerprint density at radius 1 is 1.42 bits per heavy atom. The summed E-state index contributed by atoms with van der Waals surface area (Å²) in [5.74, 6) is 0. The molecule has 6 heteroatoms. The van der Waals surface area contributed by atoms with Crippen molar-refractivity contribution >= 4 is 17.3 Å². The van der Waals surface area contributed by atoms with Crippen LogP contribution in [0.3, 0.4) is 0 Å². The van der Waals surface area contributed by atoms with Gasteiger partial charge in [0.2, 0.25) is 0 Å². The van der Waals surface area contributed by atoms with Gasteiger partial charge >= 0.3 is 0 Å². The van der Waals surface area contributed by atoms with Gasteiger partial charge in [0.05, 0.1) is 31.0 Å². The minimum absolute atomic E-state index is 0.207. The molecule has 4 N–H and O–H groups in total. The molecule has 1 fully saturated rings. The van der Waals surface area contributed by atoms with Crippen molar-refractivity contribution < 1.29 is 14.9 Å². The van der Waals surface area contributed by atoms with Gasteiger partial charge in [0.25, 0.3) is 0 Å². The number of rotatable bonds is 6. The van der Waals surface area contributed by atoms with Crippen molar-refractivity contribution in [2.24, 2.45) is 0 Å². The zero-order chi connectivity index (χ0) is 14.3. The van der Waals surface area contributed by atoms with Crippen molar-refractivity contribution in [2.45, 2.75) is 63.9 Å². The summed E-state index contributed by atoms with van der Waals surface area (Å²) in [6.45, 7) is 5.26. The van der Waals surface area contributed by atoms with Gasteiger partial charge in [-0.1, -0.05) is 20.3 Å². The Bertz CT molecular complexity index is 279. The van der Waals surface area contributed by atoms with Gasteiger partial charge in [-0.15, -0.1) is 0 Å². The molecule has 0 saturated carbocycles. The molecule has 0 aromatic rings. The summed E-state index contributed by atoms with van der Waals surface area (Å²) in [5.41, 5.74) is 0. The zero-order valence-corrected chi connectivity index (χ0v) is 12.6. The second-order valence-electron chi connectivity index (χ2n) is 5.04. The second kappa shape index (κ2) is 8.68. The standard InChI is InChI=1S/C13H26N2O3S/c1-3-5-10(16)12-7-11(17)9(8-18-12)15-13(19)14-6-4-2/h9-12,16-17H,3-8H2,1-2H3,(H2,14,15,19). The van der Waals surface area contributed by atoms with Gasteiger partial charge < -0.3 is 25.6 Å². The van der Waals surface area contributed by atoms with E-state index in [0.717, 1.165) is 19.4 Å². The first-order chi connectivity index (χ1) is 9.08. The normalized spacial score (nSPS) is 28.7. The minimum atomic E-state index is -0.549. The lowest BCUT2D eigenvalue weighted by atomic mass is 9.96. The largest absolute Gasteiger partial charge is 0.391 e. The molecule has 4 unspecified atom stereocenters. The smallest absolute Gasteiger partial charge is 0.166 e. The fourth-order valence-electron chi connectivity index (χ4n) is 2.15. The predicted molar refractivity (Wildman–Crippen MR) is 79.1 cm³/mol. The van der Waals surface area contributed by atoms with Crippen molar-refractivity contribution in [3.63, 3.8) is 0 Å². The van der Waals surface area contributed by atoms with Gasteiger partial charge in [-0.2, -0.15) is 0 Å². The lowest BCUT2D eigenvalue weighted by Gasteiger charge is -2.36. The highest BCUT2D eigenvalue weighted by Crippen LogP contribution is 2.19. The van der Waals surface area contributed by atoms with Crippen molar-refractivity contribution in [3.8, 4) is 0 Å². The Morgan fingerprint density at radius 3 is 2.74 bits per heavy atom. The van der Waals surface area contributed by atoms with Crippen molar-refractivity contribution in [2.75, 3.05) is 13.2 Å². The molecule has 1 heterocycles. The maximum Gasteiger partial charge on any atom is 0.166 e. The van der Waals surface area contributed by atoms with E-state index in [9.17, 15) is 10.2 Å². The van der Waals surface area contributed by atoms with Gasteiger partial charge in [0.1, 0.15) is 0 Å². The van der Waals surface area contributed by atoms with Crippen LogP contribution in [-0.2, 0) is 4.74 Å². The second-order valence-corrected chi connectivity index (χ2v) is 5.45. The average Bonchev–Trinajstić information content (AvgIpc) is 2.39. The third-order valence-corrected chi connectivity index (χ3v) is 3.56. The quantitative estimate of drug-likeness (QED) is 0.535. The number of aliphatic hydroxyl groups is 2. The number of hydrogen-bond acceptors (Lipinski definition) is 4. The summed E-state index contributed by atoms with van der Waals surface area (Å²) >= 11 is 5.14. The van der Waals surface area contributed by atoms with E-state index >= 15 is 0 Å². The predicted octanol–water partition coefficient (Wildman–Crippen LogP) is 0.540. The van der Waals surface area contributed by atoms with E-state index in [1.54, 1.807) is 0 Å². The number of hydrogen-bond donors (Lipinski definition) is 4. The van der Waals surface area contributed by atoms with Gasteiger partial charge in [0.15, 0.2) is 5.11 Å². The van der Waals surface area contributed by atoms with Crippen molar-refractivity contribution in [1.82, 2.24) is 10.6 Å². The number of aliphatic hydroxyl groups excluding tert-OH is 2. The van der Waals surface area contributed by atoms with E-state index in [2.05, 4.69) is 17.6 Å². The van der Waals surface area contributed by atoms with Crippen LogP contribution in [0.15, 0.2) is 0 Å². The molecule has 0 spiro atoms. The SMILES string of the molecule is CCCNC(=S)NC1COC(C(O)CCC)CC1O. The van der Waals surface area contributed by atoms with Gasteiger partial charge in [-0.25, -0.2) is 0 Å². The van der Waals surface area contributed by atoms with E-state index in [-0.39, 0.29) is 12.1 Å². The highest BCUT2D eigenvalue weighted by atomic mass is 32.1. The van der Waals surface area contributed by atoms with Crippen LogP contribution in [0.25, 0.3) is 0 Å². The molecule has 0 amide bonds. The Labute approximate surface area is 120 Å². The topological polar surface area (TPSA) is 73.8 Å². The molecular weight excluding hydrogens is 264 g/mol. The Kier molecular flexibility index (Phi) is 7.60. The molecule has 5 nitrogen and oxygen atoms in total. The number of nitrogens with one attached hydrogen (secondary N) is 2. The maximum atomic E-state index is 10.1. The molecule has 0 bridgehead atoms. The molecule has 19 heavy (non-hydrogen) atoms. The van der Waals surface area contributed by atoms with E-state index in [4.69, 9.17) is 17.0 Å². The van der Waals surface area contributed by atoms with Crippen LogP contribution < -0.4 is 10.6 Å². The zero-order valence-electron chi connectivity index (χ0n) is 11.8. The van der Waals surface area contributed by atoms with Gasteiger partial charge in [-0.3, -0.25) is 0 Å². The fraction of sp³-hybridized carbons (Fsp3) is 0.923. The summed E-state index contributed by atoms with van der Waals surface area (Å²) in [6, 6.07) is -0.207. The molecular formula is C13H26N2O3S.